The monoisotopic (exact) mass is 328 g/mol. The lowest BCUT2D eigenvalue weighted by molar-refractivity contribution is -0.138. The van der Waals surface area contributed by atoms with E-state index in [0.29, 0.717) is 29.2 Å². The van der Waals surface area contributed by atoms with E-state index in [2.05, 4.69) is 4.98 Å². The molecule has 0 aliphatic carbocycles. The molecular formula is C16H17BN2O5. The highest BCUT2D eigenvalue weighted by Gasteiger charge is 2.37. The minimum Gasteiger partial charge on any atom is -0.481 e. The summed E-state index contributed by atoms with van der Waals surface area (Å²) in [5.74, 6) is -0.0797. The molecule has 0 amide bonds. The summed E-state index contributed by atoms with van der Waals surface area (Å²) in [6.45, 7) is 2.23. The highest BCUT2D eigenvalue weighted by Crippen LogP contribution is 2.32. The molecule has 1 unspecified atom stereocenters. The summed E-state index contributed by atoms with van der Waals surface area (Å²) in [5.41, 5.74) is 8.44. The third kappa shape index (κ3) is 3.26. The Hall–Kier alpha value is -2.42. The number of carboxylic acid groups (broad SMARTS) is 1. The number of rotatable bonds is 5. The number of hydrogen-bond acceptors (Lipinski definition) is 6. The molecule has 1 aromatic carbocycles. The smallest absolute Gasteiger partial charge is 0.481 e. The number of aliphatic carboxylic acids is 1. The van der Waals surface area contributed by atoms with Gasteiger partial charge in [-0.1, -0.05) is 6.07 Å². The second-order valence-corrected chi connectivity index (χ2v) is 5.63. The molecular weight excluding hydrogens is 311 g/mol. The topological polar surface area (TPSA) is 115 Å². The Kier molecular flexibility index (Phi) is 4.52. The zero-order chi connectivity index (χ0) is 17.3. The van der Waals surface area contributed by atoms with Crippen molar-refractivity contribution in [1.29, 1.82) is 0 Å². The van der Waals surface area contributed by atoms with E-state index in [1.54, 1.807) is 24.4 Å². The molecule has 124 valence electrons. The van der Waals surface area contributed by atoms with E-state index in [0.717, 1.165) is 11.1 Å². The van der Waals surface area contributed by atoms with Crippen molar-refractivity contribution in [3.8, 4) is 11.6 Å². The third-order valence-corrected chi connectivity index (χ3v) is 3.89. The summed E-state index contributed by atoms with van der Waals surface area (Å²) < 4.78 is 11.1. The molecule has 24 heavy (non-hydrogen) atoms. The van der Waals surface area contributed by atoms with Crippen LogP contribution in [0.5, 0.6) is 11.6 Å². The summed E-state index contributed by atoms with van der Waals surface area (Å²) in [7, 11) is -1.17. The molecule has 0 spiro atoms. The van der Waals surface area contributed by atoms with Crippen LogP contribution in [0, 0.1) is 6.92 Å². The highest BCUT2D eigenvalue weighted by atomic mass is 16.5. The average Bonchev–Trinajstić information content (AvgIpc) is 2.84. The van der Waals surface area contributed by atoms with Crippen LogP contribution in [-0.2, 0) is 16.0 Å². The number of fused-ring (bicyclic) bond motifs is 1. The van der Waals surface area contributed by atoms with Gasteiger partial charge in [-0.2, -0.15) is 0 Å². The molecule has 1 aliphatic rings. The van der Waals surface area contributed by atoms with E-state index in [4.69, 9.17) is 20.2 Å². The molecule has 3 rings (SSSR count). The molecule has 4 N–H and O–H groups in total. The van der Waals surface area contributed by atoms with Gasteiger partial charge in [-0.25, -0.2) is 4.98 Å². The Morgan fingerprint density at radius 2 is 2.25 bits per heavy atom. The summed E-state index contributed by atoms with van der Waals surface area (Å²) in [6.07, 6.45) is 0.771. The summed E-state index contributed by atoms with van der Waals surface area (Å²) >= 11 is 0. The van der Waals surface area contributed by atoms with E-state index >= 15 is 0 Å². The first kappa shape index (κ1) is 16.4. The van der Waals surface area contributed by atoms with Crippen molar-refractivity contribution < 1.29 is 24.3 Å². The zero-order valence-corrected chi connectivity index (χ0v) is 13.1. The summed E-state index contributed by atoms with van der Waals surface area (Å²) in [4.78, 5) is 15.1. The average molecular weight is 328 g/mol. The second-order valence-electron chi connectivity index (χ2n) is 5.63. The summed E-state index contributed by atoms with van der Waals surface area (Å²) in [6, 6.07) is 6.95. The van der Waals surface area contributed by atoms with Gasteiger partial charge >= 0.3 is 13.1 Å². The fourth-order valence-electron chi connectivity index (χ4n) is 2.81. The number of hydrogen-bond donors (Lipinski definition) is 3. The van der Waals surface area contributed by atoms with E-state index in [-0.39, 0.29) is 6.42 Å². The number of pyridine rings is 1. The van der Waals surface area contributed by atoms with Crippen LogP contribution in [0.1, 0.15) is 29.2 Å². The Bertz CT molecular complexity index is 766. The van der Waals surface area contributed by atoms with Crippen molar-refractivity contribution >= 4 is 18.6 Å². The minimum atomic E-state index is -1.17. The Balaban J connectivity index is 1.88. The lowest BCUT2D eigenvalue weighted by Gasteiger charge is -2.13. The van der Waals surface area contributed by atoms with Crippen molar-refractivity contribution in [2.45, 2.75) is 26.0 Å². The van der Waals surface area contributed by atoms with Gasteiger partial charge in [0, 0.05) is 18.8 Å². The maximum Gasteiger partial charge on any atom is 0.492 e. The van der Waals surface area contributed by atoms with Crippen molar-refractivity contribution in [2.75, 3.05) is 0 Å². The van der Waals surface area contributed by atoms with Crippen LogP contribution < -0.4 is 15.9 Å². The van der Waals surface area contributed by atoms with Gasteiger partial charge in [-0.3, -0.25) is 4.79 Å². The molecule has 2 aromatic rings. The van der Waals surface area contributed by atoms with E-state index in [1.807, 2.05) is 13.0 Å². The van der Waals surface area contributed by atoms with Gasteiger partial charge in [-0.05, 0) is 41.2 Å². The third-order valence-electron chi connectivity index (χ3n) is 3.89. The maximum absolute atomic E-state index is 10.9. The SMILES string of the molecule is Cc1cc(Oc2ccc(CN)cn2)cc2c1C(CC(=O)O)OB2O. The quantitative estimate of drug-likeness (QED) is 0.698. The van der Waals surface area contributed by atoms with Gasteiger partial charge in [-0.15, -0.1) is 0 Å². The number of aryl methyl sites for hydroxylation is 1. The lowest BCUT2D eigenvalue weighted by atomic mass is 9.77. The number of ether oxygens (including phenoxy) is 1. The molecule has 0 saturated heterocycles. The largest absolute Gasteiger partial charge is 0.492 e. The maximum atomic E-state index is 10.9. The minimum absolute atomic E-state index is 0.201. The number of aromatic nitrogens is 1. The normalized spacial score (nSPS) is 16.1. The second kappa shape index (κ2) is 6.60. The van der Waals surface area contributed by atoms with E-state index < -0.39 is 19.2 Å². The molecule has 0 bridgehead atoms. The van der Waals surface area contributed by atoms with Crippen molar-refractivity contribution in [1.82, 2.24) is 4.98 Å². The first-order valence-electron chi connectivity index (χ1n) is 7.50. The van der Waals surface area contributed by atoms with Crippen molar-refractivity contribution in [3.63, 3.8) is 0 Å². The van der Waals surface area contributed by atoms with Crippen LogP contribution in [0.3, 0.4) is 0 Å². The van der Waals surface area contributed by atoms with Crippen LogP contribution in [0.15, 0.2) is 30.5 Å². The van der Waals surface area contributed by atoms with Crippen molar-refractivity contribution in [2.24, 2.45) is 5.73 Å². The molecule has 7 nitrogen and oxygen atoms in total. The first-order chi connectivity index (χ1) is 11.5. The molecule has 1 aromatic heterocycles. The predicted molar refractivity (Wildman–Crippen MR) is 87.1 cm³/mol. The molecule has 1 atom stereocenters. The van der Waals surface area contributed by atoms with E-state index in [9.17, 15) is 9.82 Å². The van der Waals surface area contributed by atoms with Gasteiger partial charge in [0.15, 0.2) is 0 Å². The van der Waals surface area contributed by atoms with Crippen molar-refractivity contribution in [3.05, 3.63) is 47.2 Å². The molecule has 8 heteroatoms. The molecule has 0 radical (unpaired) electrons. The molecule has 2 heterocycles. The highest BCUT2D eigenvalue weighted by molar-refractivity contribution is 6.62. The van der Waals surface area contributed by atoms with Gasteiger partial charge in [0.2, 0.25) is 5.88 Å². The van der Waals surface area contributed by atoms with Crippen LogP contribution in [-0.4, -0.2) is 28.2 Å². The summed E-state index contributed by atoms with van der Waals surface area (Å²) in [5, 5.41) is 19.0. The fourth-order valence-corrected chi connectivity index (χ4v) is 2.81. The van der Waals surface area contributed by atoms with E-state index in [1.165, 1.54) is 0 Å². The number of benzene rings is 1. The number of nitrogens with zero attached hydrogens (tertiary/aromatic N) is 1. The van der Waals surface area contributed by atoms with Gasteiger partial charge in [0.05, 0.1) is 12.5 Å². The Morgan fingerprint density at radius 3 is 2.88 bits per heavy atom. The molecule has 1 aliphatic heterocycles. The first-order valence-corrected chi connectivity index (χ1v) is 7.50. The van der Waals surface area contributed by atoms with Crippen LogP contribution in [0.25, 0.3) is 0 Å². The molecule has 0 saturated carbocycles. The Labute approximate surface area is 139 Å². The predicted octanol–water partition coefficient (Wildman–Crippen LogP) is 0.875. The van der Waals surface area contributed by atoms with Gasteiger partial charge in [0.1, 0.15) is 5.75 Å². The van der Waals surface area contributed by atoms with Gasteiger partial charge in [0.25, 0.3) is 0 Å². The standard InChI is InChI=1S/C16H17BN2O5/c1-9-4-11(23-14-3-2-10(7-18)8-19-14)5-12-16(9)13(6-15(20)21)24-17(12)22/h2-5,8,13,22H,6-7,18H2,1H3,(H,20,21). The lowest BCUT2D eigenvalue weighted by Crippen LogP contribution is -2.28. The van der Waals surface area contributed by atoms with Crippen LogP contribution >= 0.6 is 0 Å². The fraction of sp³-hybridized carbons (Fsp3) is 0.250. The van der Waals surface area contributed by atoms with Crippen LogP contribution in [0.2, 0.25) is 0 Å². The zero-order valence-electron chi connectivity index (χ0n) is 13.1. The Morgan fingerprint density at radius 1 is 1.46 bits per heavy atom. The number of carbonyl (C=O) groups is 1. The van der Waals surface area contributed by atoms with Crippen LogP contribution in [0.4, 0.5) is 0 Å². The molecule has 0 fully saturated rings. The number of carboxylic acids is 1. The number of nitrogens with two attached hydrogens (primary N) is 1. The van der Waals surface area contributed by atoms with Gasteiger partial charge < -0.3 is 25.3 Å².